The Bertz CT molecular complexity index is 439. The van der Waals surface area contributed by atoms with Crippen molar-refractivity contribution < 1.29 is 17.9 Å². The average Bonchev–Trinajstić information content (AvgIpc) is 2.33. The predicted octanol–water partition coefficient (Wildman–Crippen LogP) is 2.76. The summed E-state index contributed by atoms with van der Waals surface area (Å²) in [5.41, 5.74) is 7.37. The maximum Gasteiger partial charge on any atom is 0.411 e. The molecule has 0 bridgehead atoms. The number of nitrogens with two attached hydrogens (primary N) is 1. The molecule has 2 N–H and O–H groups in total. The molecule has 0 amide bonds. The van der Waals surface area contributed by atoms with Crippen LogP contribution in [0.2, 0.25) is 0 Å². The number of benzene rings is 1. The van der Waals surface area contributed by atoms with Gasteiger partial charge in [-0.2, -0.15) is 13.2 Å². The third kappa shape index (κ3) is 4.21. The van der Waals surface area contributed by atoms with Crippen LogP contribution in [-0.4, -0.2) is 38.2 Å². The van der Waals surface area contributed by atoms with Gasteiger partial charge in [-0.05, 0) is 18.2 Å². The van der Waals surface area contributed by atoms with Gasteiger partial charge in [0.1, 0.15) is 6.61 Å². The van der Waals surface area contributed by atoms with Crippen LogP contribution in [0.5, 0.6) is 0 Å². The first kappa shape index (κ1) is 14.3. The lowest BCUT2D eigenvalue weighted by atomic mass is 10.2. The minimum Gasteiger partial charge on any atom is -0.399 e. The number of alkyl halides is 3. The Hall–Kier alpha value is -1.08. The summed E-state index contributed by atoms with van der Waals surface area (Å²) in [5.74, 6) is 0.913. The van der Waals surface area contributed by atoms with Crippen molar-refractivity contribution in [3.63, 3.8) is 0 Å². The molecule has 0 fully saturated rings. The second-order valence-electron chi connectivity index (χ2n) is 4.23. The molecule has 0 aliphatic carbocycles. The first-order valence-electron chi connectivity index (χ1n) is 5.87. The third-order valence-electron chi connectivity index (χ3n) is 2.71. The molecule has 0 saturated heterocycles. The fourth-order valence-corrected chi connectivity index (χ4v) is 2.92. The van der Waals surface area contributed by atoms with Crippen LogP contribution in [0.1, 0.15) is 0 Å². The normalized spacial score (nSPS) is 15.4. The summed E-state index contributed by atoms with van der Waals surface area (Å²) in [7, 11) is 0. The van der Waals surface area contributed by atoms with Gasteiger partial charge < -0.3 is 15.4 Å². The Morgan fingerprint density at radius 2 is 2.16 bits per heavy atom. The van der Waals surface area contributed by atoms with Crippen LogP contribution in [-0.2, 0) is 4.74 Å². The van der Waals surface area contributed by atoms with Crippen LogP contribution in [0.15, 0.2) is 23.1 Å². The lowest BCUT2D eigenvalue weighted by molar-refractivity contribution is -0.173. The maximum absolute atomic E-state index is 12.0. The quantitative estimate of drug-likeness (QED) is 0.684. The fourth-order valence-electron chi connectivity index (χ4n) is 1.88. The number of hydrogen-bond donors (Lipinski definition) is 1. The third-order valence-corrected chi connectivity index (χ3v) is 3.76. The number of fused-ring (bicyclic) bond motifs is 1. The minimum absolute atomic E-state index is 0.0540. The SMILES string of the molecule is Nc1ccc2c(c1)N(CCOCC(F)(F)F)CCS2. The molecular weight excluding hydrogens is 277 g/mol. The number of nitrogens with zero attached hydrogens (tertiary/aromatic N) is 1. The van der Waals surface area contributed by atoms with Crippen LogP contribution < -0.4 is 10.6 Å². The van der Waals surface area contributed by atoms with E-state index in [9.17, 15) is 13.2 Å². The van der Waals surface area contributed by atoms with E-state index < -0.39 is 12.8 Å². The van der Waals surface area contributed by atoms with Crippen molar-refractivity contribution in [3.05, 3.63) is 18.2 Å². The van der Waals surface area contributed by atoms with Crippen molar-refractivity contribution >= 4 is 23.1 Å². The topological polar surface area (TPSA) is 38.5 Å². The summed E-state index contributed by atoms with van der Waals surface area (Å²) in [4.78, 5) is 3.12. The zero-order valence-corrected chi connectivity index (χ0v) is 11.1. The van der Waals surface area contributed by atoms with E-state index in [-0.39, 0.29) is 6.61 Å². The molecule has 3 nitrogen and oxygen atoms in total. The lowest BCUT2D eigenvalue weighted by Crippen LogP contribution is -2.33. The van der Waals surface area contributed by atoms with E-state index in [1.54, 1.807) is 11.8 Å². The van der Waals surface area contributed by atoms with E-state index in [1.165, 1.54) is 0 Å². The molecule has 0 radical (unpaired) electrons. The zero-order chi connectivity index (χ0) is 13.9. The van der Waals surface area contributed by atoms with Gasteiger partial charge in [-0.1, -0.05) is 0 Å². The molecule has 1 aliphatic heterocycles. The fraction of sp³-hybridized carbons (Fsp3) is 0.500. The summed E-state index contributed by atoms with van der Waals surface area (Å²) >= 11 is 1.73. The van der Waals surface area contributed by atoms with Crippen LogP contribution in [0.25, 0.3) is 0 Å². The van der Waals surface area contributed by atoms with Gasteiger partial charge in [0, 0.05) is 29.4 Å². The molecule has 1 aliphatic rings. The van der Waals surface area contributed by atoms with Crippen LogP contribution >= 0.6 is 11.8 Å². The van der Waals surface area contributed by atoms with E-state index >= 15 is 0 Å². The van der Waals surface area contributed by atoms with Gasteiger partial charge in [0.25, 0.3) is 0 Å². The number of rotatable bonds is 4. The van der Waals surface area contributed by atoms with Gasteiger partial charge in [0.2, 0.25) is 0 Å². The van der Waals surface area contributed by atoms with E-state index in [2.05, 4.69) is 4.74 Å². The first-order chi connectivity index (χ1) is 8.96. The van der Waals surface area contributed by atoms with Gasteiger partial charge in [-0.15, -0.1) is 11.8 Å². The van der Waals surface area contributed by atoms with E-state index in [0.29, 0.717) is 12.2 Å². The zero-order valence-electron chi connectivity index (χ0n) is 10.2. The summed E-state index contributed by atoms with van der Waals surface area (Å²) < 4.78 is 40.5. The second-order valence-corrected chi connectivity index (χ2v) is 5.37. The number of hydrogen-bond acceptors (Lipinski definition) is 4. The predicted molar refractivity (Wildman–Crippen MR) is 70.7 cm³/mol. The highest BCUT2D eigenvalue weighted by Crippen LogP contribution is 2.35. The highest BCUT2D eigenvalue weighted by Gasteiger charge is 2.27. The molecule has 0 saturated carbocycles. The van der Waals surface area contributed by atoms with Gasteiger partial charge in [-0.3, -0.25) is 0 Å². The Labute approximate surface area is 113 Å². The molecule has 0 unspecified atom stereocenters. The summed E-state index contributed by atoms with van der Waals surface area (Å²) in [6.07, 6.45) is -4.26. The molecule has 0 spiro atoms. The molecule has 1 heterocycles. The van der Waals surface area contributed by atoms with Gasteiger partial charge in [0.05, 0.1) is 12.3 Å². The second kappa shape index (κ2) is 5.92. The smallest absolute Gasteiger partial charge is 0.399 e. The molecule has 1 aromatic rings. The lowest BCUT2D eigenvalue weighted by Gasteiger charge is -2.31. The highest BCUT2D eigenvalue weighted by molar-refractivity contribution is 7.99. The van der Waals surface area contributed by atoms with E-state index in [4.69, 9.17) is 5.73 Å². The molecule has 0 atom stereocenters. The van der Waals surface area contributed by atoms with E-state index in [1.807, 2.05) is 23.1 Å². The number of nitrogen functional groups attached to an aromatic ring is 1. The molecule has 7 heteroatoms. The molecular formula is C12H15F3N2OS. The van der Waals surface area contributed by atoms with Crippen LogP contribution in [0.4, 0.5) is 24.5 Å². The van der Waals surface area contributed by atoms with Crippen LogP contribution in [0.3, 0.4) is 0 Å². The summed E-state index contributed by atoms with van der Waals surface area (Å²) in [6.45, 7) is 0.0847. The minimum atomic E-state index is -4.26. The number of anilines is 2. The standard InChI is InChI=1S/C12H15F3N2OS/c13-12(14,15)8-18-5-3-17-4-6-19-11-2-1-9(16)7-10(11)17/h1-2,7H,3-6,8,16H2. The Kier molecular flexibility index (Phi) is 4.46. The monoisotopic (exact) mass is 292 g/mol. The van der Waals surface area contributed by atoms with Crippen molar-refractivity contribution in [2.24, 2.45) is 0 Å². The van der Waals surface area contributed by atoms with Crippen molar-refractivity contribution in [2.45, 2.75) is 11.1 Å². The highest BCUT2D eigenvalue weighted by atomic mass is 32.2. The first-order valence-corrected chi connectivity index (χ1v) is 6.86. The molecule has 106 valence electrons. The molecule has 0 aromatic heterocycles. The Morgan fingerprint density at radius 1 is 1.37 bits per heavy atom. The van der Waals surface area contributed by atoms with Gasteiger partial charge >= 0.3 is 6.18 Å². The largest absolute Gasteiger partial charge is 0.411 e. The van der Waals surface area contributed by atoms with Crippen molar-refractivity contribution in [3.8, 4) is 0 Å². The van der Waals surface area contributed by atoms with Gasteiger partial charge in [0.15, 0.2) is 0 Å². The molecule has 2 rings (SSSR count). The summed E-state index contributed by atoms with van der Waals surface area (Å²) in [5, 5.41) is 0. The van der Waals surface area contributed by atoms with Crippen LogP contribution in [0, 0.1) is 0 Å². The van der Waals surface area contributed by atoms with E-state index in [0.717, 1.165) is 22.9 Å². The number of thioether (sulfide) groups is 1. The summed E-state index contributed by atoms with van der Waals surface area (Å²) in [6, 6.07) is 5.62. The Balaban J connectivity index is 1.91. The van der Waals surface area contributed by atoms with Crippen molar-refractivity contribution in [1.29, 1.82) is 0 Å². The average molecular weight is 292 g/mol. The van der Waals surface area contributed by atoms with Crippen molar-refractivity contribution in [2.75, 3.05) is 42.7 Å². The maximum atomic E-state index is 12.0. The van der Waals surface area contributed by atoms with Crippen molar-refractivity contribution in [1.82, 2.24) is 0 Å². The molecule has 1 aromatic carbocycles. The molecule has 19 heavy (non-hydrogen) atoms. The van der Waals surface area contributed by atoms with Gasteiger partial charge in [-0.25, -0.2) is 0 Å². The Morgan fingerprint density at radius 3 is 2.89 bits per heavy atom. The number of ether oxygens (including phenoxy) is 1. The number of halogens is 3.